The van der Waals surface area contributed by atoms with E-state index in [0.717, 1.165) is 0 Å². The minimum atomic E-state index is -0.548. The van der Waals surface area contributed by atoms with Crippen LogP contribution in [0.5, 0.6) is 0 Å². The Labute approximate surface area is 74.2 Å². The molecule has 0 aliphatic carbocycles. The first-order valence-corrected chi connectivity index (χ1v) is 3.59. The maximum absolute atomic E-state index is 10.5. The number of hydrogen-bond donors (Lipinski definition) is 1. The molecule has 0 fully saturated rings. The Kier molecular flexibility index (Phi) is 2.59. The highest BCUT2D eigenvalue weighted by Crippen LogP contribution is 2.24. The van der Waals surface area contributed by atoms with Crippen LogP contribution in [0.25, 0.3) is 0 Å². The lowest BCUT2D eigenvalue weighted by atomic mass is 10.2. The third kappa shape index (κ3) is 1.65. The molecular weight excluding hydrogens is 176 g/mol. The minimum Gasteiger partial charge on any atom is -0.295 e. The molecule has 0 aliphatic heterocycles. The number of nitrogens with zero attached hydrogens (tertiary/aromatic N) is 3. The van der Waals surface area contributed by atoms with E-state index in [1.807, 2.05) is 0 Å². The van der Waals surface area contributed by atoms with Gasteiger partial charge in [-0.05, 0) is 6.92 Å². The zero-order valence-corrected chi connectivity index (χ0v) is 7.30. The van der Waals surface area contributed by atoms with E-state index in [2.05, 4.69) is 9.94 Å². The molecule has 2 N–H and O–H groups in total. The van der Waals surface area contributed by atoms with Crippen molar-refractivity contribution in [3.05, 3.63) is 22.0 Å². The highest BCUT2D eigenvalue weighted by atomic mass is 16.6. The lowest BCUT2D eigenvalue weighted by molar-refractivity contribution is -0.386. The van der Waals surface area contributed by atoms with E-state index in [-0.39, 0.29) is 5.69 Å². The van der Waals surface area contributed by atoms with Gasteiger partial charge in [-0.15, -0.1) is 0 Å². The van der Waals surface area contributed by atoms with Gasteiger partial charge in [0.25, 0.3) is 0 Å². The van der Waals surface area contributed by atoms with Crippen LogP contribution in [0, 0.1) is 10.1 Å². The molecular formula is C6H10N4O3. The van der Waals surface area contributed by atoms with Crippen molar-refractivity contribution in [2.45, 2.75) is 13.0 Å². The average Bonchev–Trinajstić information content (AvgIpc) is 2.46. The summed E-state index contributed by atoms with van der Waals surface area (Å²) in [5.41, 5.74) is 0.271. The third-order valence-electron chi connectivity index (χ3n) is 1.75. The van der Waals surface area contributed by atoms with Gasteiger partial charge in [-0.2, -0.15) is 5.10 Å². The Morgan fingerprint density at radius 3 is 2.92 bits per heavy atom. The van der Waals surface area contributed by atoms with Crippen LogP contribution in [0.2, 0.25) is 0 Å². The molecule has 1 aromatic rings. The molecule has 1 rings (SSSR count). The number of aryl methyl sites for hydroxylation is 1. The van der Waals surface area contributed by atoms with E-state index in [1.54, 1.807) is 14.0 Å². The molecule has 13 heavy (non-hydrogen) atoms. The quantitative estimate of drug-likeness (QED) is 0.540. The summed E-state index contributed by atoms with van der Waals surface area (Å²) in [5.74, 6) is 4.94. The largest absolute Gasteiger partial charge is 0.312 e. The van der Waals surface area contributed by atoms with Gasteiger partial charge in [-0.25, -0.2) is 5.90 Å². The van der Waals surface area contributed by atoms with Crippen molar-refractivity contribution in [3.63, 3.8) is 0 Å². The molecule has 0 bridgehead atoms. The fourth-order valence-corrected chi connectivity index (χ4v) is 1.11. The van der Waals surface area contributed by atoms with Gasteiger partial charge in [0.05, 0.1) is 4.92 Å². The molecule has 0 spiro atoms. The van der Waals surface area contributed by atoms with Crippen molar-refractivity contribution in [2.24, 2.45) is 12.9 Å². The lowest BCUT2D eigenvalue weighted by Gasteiger charge is -2.07. The number of hydrogen-bond acceptors (Lipinski definition) is 5. The molecule has 1 heterocycles. The molecule has 1 atom stereocenters. The van der Waals surface area contributed by atoms with Gasteiger partial charge in [-0.1, -0.05) is 0 Å². The van der Waals surface area contributed by atoms with E-state index >= 15 is 0 Å². The van der Waals surface area contributed by atoms with Crippen LogP contribution in [0.1, 0.15) is 18.7 Å². The maximum Gasteiger partial charge on any atom is 0.312 e. The predicted molar refractivity (Wildman–Crippen MR) is 43.5 cm³/mol. The highest BCUT2D eigenvalue weighted by Gasteiger charge is 2.23. The topological polar surface area (TPSA) is 96.2 Å². The van der Waals surface area contributed by atoms with Crippen molar-refractivity contribution in [1.82, 2.24) is 9.78 Å². The maximum atomic E-state index is 10.5. The van der Waals surface area contributed by atoms with Gasteiger partial charge in [0, 0.05) is 7.05 Å². The normalized spacial score (nSPS) is 12.8. The summed E-state index contributed by atoms with van der Waals surface area (Å²) < 4.78 is 1.37. The summed E-state index contributed by atoms with van der Waals surface area (Å²) in [6, 6.07) is 0. The van der Waals surface area contributed by atoms with E-state index in [4.69, 9.17) is 5.90 Å². The molecule has 0 saturated carbocycles. The van der Waals surface area contributed by atoms with Crippen molar-refractivity contribution >= 4 is 5.69 Å². The van der Waals surface area contributed by atoms with Crippen LogP contribution < -0.4 is 5.90 Å². The van der Waals surface area contributed by atoms with E-state index in [0.29, 0.717) is 5.69 Å². The smallest absolute Gasteiger partial charge is 0.295 e. The van der Waals surface area contributed by atoms with Gasteiger partial charge in [0.1, 0.15) is 18.0 Å². The molecule has 0 saturated heterocycles. The van der Waals surface area contributed by atoms with Crippen LogP contribution in [0.4, 0.5) is 5.69 Å². The Bertz CT molecular complexity index is 322. The van der Waals surface area contributed by atoms with Crippen LogP contribution in [-0.4, -0.2) is 14.7 Å². The van der Waals surface area contributed by atoms with Gasteiger partial charge >= 0.3 is 5.69 Å². The van der Waals surface area contributed by atoms with Gasteiger partial charge in [0.2, 0.25) is 0 Å². The highest BCUT2D eigenvalue weighted by molar-refractivity contribution is 5.34. The zero-order chi connectivity index (χ0) is 10.0. The summed E-state index contributed by atoms with van der Waals surface area (Å²) in [6.07, 6.45) is 0.623. The molecule has 0 amide bonds. The molecule has 7 heteroatoms. The van der Waals surface area contributed by atoms with Gasteiger partial charge < -0.3 is 0 Å². The van der Waals surface area contributed by atoms with E-state index < -0.39 is 11.0 Å². The second-order valence-corrected chi connectivity index (χ2v) is 2.57. The molecule has 7 nitrogen and oxygen atoms in total. The zero-order valence-electron chi connectivity index (χ0n) is 7.30. The SMILES string of the molecule is CC(ON)c1c([N+](=O)[O-])cnn1C. The number of nitro groups is 1. The minimum absolute atomic E-state index is 0.0829. The van der Waals surface area contributed by atoms with Gasteiger partial charge in [-0.3, -0.25) is 19.6 Å². The van der Waals surface area contributed by atoms with Crippen LogP contribution in [0.3, 0.4) is 0 Å². The standard InChI is InChI=1S/C6H10N4O3/c1-4(13-7)6-5(10(11)12)3-8-9(6)2/h3-4H,7H2,1-2H3. The van der Waals surface area contributed by atoms with Crippen molar-refractivity contribution in [1.29, 1.82) is 0 Å². The molecule has 0 radical (unpaired) electrons. The van der Waals surface area contributed by atoms with Crippen molar-refractivity contribution < 1.29 is 9.76 Å². The molecule has 1 unspecified atom stereocenters. The van der Waals surface area contributed by atoms with E-state index in [1.165, 1.54) is 10.9 Å². The molecule has 72 valence electrons. The number of rotatable bonds is 3. The van der Waals surface area contributed by atoms with Crippen molar-refractivity contribution in [3.8, 4) is 0 Å². The van der Waals surface area contributed by atoms with Crippen molar-refractivity contribution in [2.75, 3.05) is 0 Å². The Morgan fingerprint density at radius 2 is 2.46 bits per heavy atom. The lowest BCUT2D eigenvalue weighted by Crippen LogP contribution is -2.11. The first-order valence-electron chi connectivity index (χ1n) is 3.59. The second kappa shape index (κ2) is 3.50. The summed E-state index contributed by atoms with van der Waals surface area (Å²) in [4.78, 5) is 14.5. The summed E-state index contributed by atoms with van der Waals surface area (Å²) in [7, 11) is 1.60. The number of aromatic nitrogens is 2. The monoisotopic (exact) mass is 186 g/mol. The van der Waals surface area contributed by atoms with Crippen LogP contribution >= 0.6 is 0 Å². The molecule has 0 aromatic carbocycles. The van der Waals surface area contributed by atoms with Crippen LogP contribution in [0.15, 0.2) is 6.20 Å². The Morgan fingerprint density at radius 1 is 1.85 bits per heavy atom. The fourth-order valence-electron chi connectivity index (χ4n) is 1.11. The average molecular weight is 186 g/mol. The Hall–Kier alpha value is -1.47. The van der Waals surface area contributed by atoms with E-state index in [9.17, 15) is 10.1 Å². The first kappa shape index (κ1) is 9.62. The summed E-state index contributed by atoms with van der Waals surface area (Å²) in [5, 5.41) is 14.3. The second-order valence-electron chi connectivity index (χ2n) is 2.57. The molecule has 1 aromatic heterocycles. The first-order chi connectivity index (χ1) is 6.07. The third-order valence-corrected chi connectivity index (χ3v) is 1.75. The number of nitrogens with two attached hydrogens (primary N) is 1. The van der Waals surface area contributed by atoms with Gasteiger partial charge in [0.15, 0.2) is 0 Å². The summed E-state index contributed by atoms with van der Waals surface area (Å²) >= 11 is 0. The molecule has 0 aliphatic rings. The van der Waals surface area contributed by atoms with Crippen LogP contribution in [-0.2, 0) is 11.9 Å². The fraction of sp³-hybridized carbons (Fsp3) is 0.500. The summed E-state index contributed by atoms with van der Waals surface area (Å²) in [6.45, 7) is 1.62. The predicted octanol–water partition coefficient (Wildman–Crippen LogP) is 0.280. The Balaban J connectivity index is 3.15.